The van der Waals surface area contributed by atoms with Crippen LogP contribution in [0.2, 0.25) is 0 Å². The number of phenolic OH excluding ortho intramolecular Hbond substituents is 1. The molecule has 0 bridgehead atoms. The molecule has 5 aromatic rings. The molecule has 11 nitrogen and oxygen atoms in total. The SMILES string of the molecule is CCNCOc1cc(OC)c2c3c1[C@@H](O)Nc1cc4c(c(c1-3)CC2)[C@@H](O)[C@H](c1cc(OC)c(O)c(OC[C@@H](CO)[C@]23C[C@@H]5C=c6ccccc6=C[C@@H]5[C@H]2CCc2ccccc23)c1)CO4. The maximum Gasteiger partial charge on any atom is 0.200 e. The molecule has 8 atom stereocenters. The van der Waals surface area contributed by atoms with Crippen LogP contribution in [-0.2, 0) is 24.7 Å². The van der Waals surface area contributed by atoms with E-state index >= 15 is 0 Å². The van der Waals surface area contributed by atoms with Crippen molar-refractivity contribution in [1.29, 1.82) is 0 Å². The number of phenols is 1. The zero-order valence-corrected chi connectivity index (χ0v) is 36.5. The van der Waals surface area contributed by atoms with Gasteiger partial charge in [0.05, 0.1) is 45.7 Å². The average molecular weight is 865 g/mol. The van der Waals surface area contributed by atoms with Crippen LogP contribution in [0, 0.1) is 23.7 Å². The third kappa shape index (κ3) is 6.22. The molecule has 0 radical (unpaired) electrons. The van der Waals surface area contributed by atoms with Gasteiger partial charge in [-0.15, -0.1) is 0 Å². The van der Waals surface area contributed by atoms with Gasteiger partial charge in [0.15, 0.2) is 17.7 Å². The van der Waals surface area contributed by atoms with Gasteiger partial charge in [0, 0.05) is 57.3 Å². The van der Waals surface area contributed by atoms with Crippen molar-refractivity contribution < 1.29 is 44.1 Å². The number of anilines is 1. The fraction of sp³-hybridized carbons (Fsp3) is 0.396. The van der Waals surface area contributed by atoms with Gasteiger partial charge in [0.1, 0.15) is 24.0 Å². The number of aliphatic hydroxyl groups is 3. The highest BCUT2D eigenvalue weighted by atomic mass is 16.5. The maximum atomic E-state index is 12.5. The molecule has 0 unspecified atom stereocenters. The van der Waals surface area contributed by atoms with Crippen molar-refractivity contribution in [2.75, 3.05) is 52.6 Å². The number of methoxy groups -OCH3 is 2. The Morgan fingerprint density at radius 1 is 0.844 bits per heavy atom. The summed E-state index contributed by atoms with van der Waals surface area (Å²) in [7, 11) is 3.15. The summed E-state index contributed by atoms with van der Waals surface area (Å²) < 4.78 is 31.0. The van der Waals surface area contributed by atoms with Crippen molar-refractivity contribution in [2.45, 2.75) is 62.7 Å². The summed E-state index contributed by atoms with van der Waals surface area (Å²) in [6.45, 7) is 3.23. The number of benzene rings is 5. The van der Waals surface area contributed by atoms with Crippen LogP contribution in [0.3, 0.4) is 0 Å². The first-order chi connectivity index (χ1) is 31.3. The first kappa shape index (κ1) is 41.0. The van der Waals surface area contributed by atoms with Crippen LogP contribution in [0.4, 0.5) is 5.69 Å². The molecule has 0 aromatic heterocycles. The highest BCUT2D eigenvalue weighted by Gasteiger charge is 2.58. The zero-order valence-electron chi connectivity index (χ0n) is 36.5. The van der Waals surface area contributed by atoms with E-state index in [1.165, 1.54) is 28.7 Å². The molecule has 6 N–H and O–H groups in total. The number of rotatable bonds is 12. The minimum atomic E-state index is -1.03. The van der Waals surface area contributed by atoms with Gasteiger partial charge >= 0.3 is 0 Å². The van der Waals surface area contributed by atoms with Gasteiger partial charge in [-0.1, -0.05) is 67.6 Å². The van der Waals surface area contributed by atoms with Gasteiger partial charge in [0.25, 0.3) is 0 Å². The second-order valence-electron chi connectivity index (χ2n) is 18.3. The molecule has 11 rings (SSSR count). The van der Waals surface area contributed by atoms with Gasteiger partial charge in [-0.3, -0.25) is 5.32 Å². The van der Waals surface area contributed by atoms with Crippen molar-refractivity contribution >= 4 is 17.8 Å². The second kappa shape index (κ2) is 16.1. The summed E-state index contributed by atoms with van der Waals surface area (Å²) in [5.74, 6) is 2.22. The number of aliphatic hydroxyl groups excluding tert-OH is 3. The van der Waals surface area contributed by atoms with E-state index in [-0.39, 0.29) is 55.1 Å². The molecular formula is C53H56N2O9. The van der Waals surface area contributed by atoms with E-state index in [9.17, 15) is 20.4 Å². The lowest BCUT2D eigenvalue weighted by molar-refractivity contribution is 0.0592. The van der Waals surface area contributed by atoms with E-state index in [2.05, 4.69) is 71.3 Å². The number of fused-ring (bicyclic) bond motifs is 8. The van der Waals surface area contributed by atoms with Gasteiger partial charge in [-0.25, -0.2) is 0 Å². The lowest BCUT2D eigenvalue weighted by atomic mass is 9.57. The number of hydrogen-bond acceptors (Lipinski definition) is 11. The molecule has 6 aliphatic rings. The highest BCUT2D eigenvalue weighted by molar-refractivity contribution is 5.93. The average Bonchev–Trinajstić information content (AvgIpc) is 3.65. The van der Waals surface area contributed by atoms with Crippen LogP contribution in [0.5, 0.6) is 34.5 Å². The third-order valence-electron chi connectivity index (χ3n) is 15.5. The molecule has 4 aliphatic carbocycles. The largest absolute Gasteiger partial charge is 0.502 e. The molecule has 1 fully saturated rings. The lowest BCUT2D eigenvalue weighted by Crippen LogP contribution is -2.47. The van der Waals surface area contributed by atoms with E-state index in [1.807, 2.05) is 19.1 Å². The third-order valence-corrected chi connectivity index (χ3v) is 15.5. The maximum absolute atomic E-state index is 12.5. The Bertz CT molecular complexity index is 2790. The minimum Gasteiger partial charge on any atom is -0.502 e. The standard InChI is InChI=1S/C53H56N2O9/c1-4-54-27-64-43-22-41(60-2)34-14-15-35-46-40(55-52(59)49(43)48(34)46)21-42-47(35)50(57)37(26-63-42)31-19-44(61-3)51(58)45(20-31)62-25-33(24-56)53-23-32-17-29-10-5-6-11-30(29)18-36(32)39(53)16-13-28-9-7-8-12-38(28)53/h5-12,17-22,32-33,36-37,39,50,52,54-59H,4,13-16,23-27H2,1-3H3/t32-,33+,36-,37-,39+,50-,52+,53-/m0/s1. The number of nitrogens with one attached hydrogen (secondary N) is 2. The van der Waals surface area contributed by atoms with Gasteiger partial charge in [-0.05, 0) is 101 Å². The van der Waals surface area contributed by atoms with Crippen molar-refractivity contribution in [3.05, 3.63) is 122 Å². The van der Waals surface area contributed by atoms with E-state index in [0.29, 0.717) is 64.5 Å². The zero-order chi connectivity index (χ0) is 43.9. The lowest BCUT2D eigenvalue weighted by Gasteiger charge is -2.47. The molecule has 2 aliphatic heterocycles. The molecule has 64 heavy (non-hydrogen) atoms. The smallest absolute Gasteiger partial charge is 0.200 e. The summed E-state index contributed by atoms with van der Waals surface area (Å²) in [5, 5.41) is 56.1. The monoisotopic (exact) mass is 864 g/mol. The Labute approximate surface area is 372 Å². The molecule has 332 valence electrons. The summed E-state index contributed by atoms with van der Waals surface area (Å²) in [4.78, 5) is 0. The second-order valence-corrected chi connectivity index (χ2v) is 18.3. The number of aromatic hydroxyl groups is 1. The number of hydrogen-bond donors (Lipinski definition) is 6. The van der Waals surface area contributed by atoms with Crippen LogP contribution in [-0.4, -0.2) is 67.7 Å². The molecule has 0 saturated heterocycles. The van der Waals surface area contributed by atoms with Gasteiger partial charge < -0.3 is 49.4 Å². The van der Waals surface area contributed by atoms with Crippen molar-refractivity contribution in [3.63, 3.8) is 0 Å². The highest BCUT2D eigenvalue weighted by Crippen LogP contribution is 2.62. The van der Waals surface area contributed by atoms with E-state index < -0.39 is 18.2 Å². The van der Waals surface area contributed by atoms with Crippen LogP contribution < -0.4 is 44.8 Å². The summed E-state index contributed by atoms with van der Waals surface area (Å²) in [6, 6.07) is 24.6. The van der Waals surface area contributed by atoms with Gasteiger partial charge in [0.2, 0.25) is 5.75 Å². The molecule has 0 amide bonds. The Hall–Kier alpha value is -5.72. The van der Waals surface area contributed by atoms with E-state index in [1.54, 1.807) is 19.2 Å². The Kier molecular flexibility index (Phi) is 10.3. The minimum absolute atomic E-state index is 0.0836. The number of ether oxygens (including phenoxy) is 5. The van der Waals surface area contributed by atoms with E-state index in [4.69, 9.17) is 23.7 Å². The van der Waals surface area contributed by atoms with Crippen molar-refractivity contribution in [2.24, 2.45) is 23.7 Å². The topological polar surface area (TPSA) is 151 Å². The molecule has 2 heterocycles. The van der Waals surface area contributed by atoms with Gasteiger partial charge in [-0.2, -0.15) is 0 Å². The quantitative estimate of drug-likeness (QED) is 0.0634. The predicted octanol–water partition coefficient (Wildman–Crippen LogP) is 6.15. The molecule has 5 aromatic carbocycles. The molecule has 1 saturated carbocycles. The van der Waals surface area contributed by atoms with Crippen molar-refractivity contribution in [3.8, 4) is 45.6 Å². The van der Waals surface area contributed by atoms with Crippen LogP contribution >= 0.6 is 0 Å². The normalized spacial score (nSPS) is 25.5. The summed E-state index contributed by atoms with van der Waals surface area (Å²) >= 11 is 0. The first-order valence-corrected chi connectivity index (χ1v) is 22.8. The van der Waals surface area contributed by atoms with Crippen molar-refractivity contribution in [1.82, 2.24) is 5.32 Å². The first-order valence-electron chi connectivity index (χ1n) is 22.8. The molecular weight excluding hydrogens is 809 g/mol. The Morgan fingerprint density at radius 2 is 1.61 bits per heavy atom. The Morgan fingerprint density at radius 3 is 2.41 bits per heavy atom. The Balaban J connectivity index is 0.937. The van der Waals surface area contributed by atoms with Crippen LogP contribution in [0.15, 0.2) is 72.8 Å². The summed E-state index contributed by atoms with van der Waals surface area (Å²) in [6.07, 6.45) is 7.04. The summed E-state index contributed by atoms with van der Waals surface area (Å²) in [5.41, 5.74) is 8.68. The number of aryl methyl sites for hydroxylation is 1. The fourth-order valence-corrected chi connectivity index (χ4v) is 12.7. The van der Waals surface area contributed by atoms with Crippen LogP contribution in [0.25, 0.3) is 23.3 Å². The predicted molar refractivity (Wildman–Crippen MR) is 244 cm³/mol. The fourth-order valence-electron chi connectivity index (χ4n) is 12.7. The van der Waals surface area contributed by atoms with E-state index in [0.717, 1.165) is 53.7 Å². The molecule has 0 spiro atoms. The van der Waals surface area contributed by atoms with Crippen LogP contribution in [0.1, 0.15) is 77.0 Å². The molecule has 11 heteroatoms.